The Kier molecular flexibility index (Phi) is 7.54. The molecule has 178 valence electrons. The number of H-pyrrole nitrogens is 1. The SMILES string of the molecule is CCC(Sc1nc(-c2ccc(OC)cc2)c(C#N)c(=O)[nH]1)C(=O)Nc1sc2c(c1C#N)CCCC2. The molecule has 1 unspecified atom stereocenters. The topological polar surface area (TPSA) is 132 Å². The van der Waals surface area contributed by atoms with Gasteiger partial charge in [-0.15, -0.1) is 11.3 Å². The fourth-order valence-electron chi connectivity index (χ4n) is 3.99. The number of aromatic amines is 1. The average molecular weight is 506 g/mol. The number of aromatic nitrogens is 2. The standard InChI is InChI=1S/C25H23N5O3S2/c1-3-19(23(32)29-24-17(12-26)16-6-4-5-7-20(16)34-24)35-25-28-21(18(13-27)22(31)30-25)14-8-10-15(33-2)11-9-14/h8-11,19H,3-7H2,1-2H3,(H,29,32)(H,28,30,31). The summed E-state index contributed by atoms with van der Waals surface area (Å²) in [6, 6.07) is 11.1. The molecule has 2 heterocycles. The van der Waals surface area contributed by atoms with Crippen LogP contribution in [0.3, 0.4) is 0 Å². The molecule has 1 aliphatic rings. The lowest BCUT2D eigenvalue weighted by Gasteiger charge is -2.14. The van der Waals surface area contributed by atoms with Gasteiger partial charge in [-0.05, 0) is 61.9 Å². The normalized spacial score (nSPS) is 13.3. The van der Waals surface area contributed by atoms with Crippen molar-refractivity contribution >= 4 is 34.0 Å². The second kappa shape index (κ2) is 10.8. The number of hydrogen-bond acceptors (Lipinski definition) is 8. The van der Waals surface area contributed by atoms with Crippen LogP contribution in [0.4, 0.5) is 5.00 Å². The number of ether oxygens (including phenoxy) is 1. The quantitative estimate of drug-likeness (QED) is 0.353. The summed E-state index contributed by atoms with van der Waals surface area (Å²) in [5.41, 5.74) is 1.79. The largest absolute Gasteiger partial charge is 0.497 e. The first-order chi connectivity index (χ1) is 17.0. The Morgan fingerprint density at radius 2 is 1.94 bits per heavy atom. The molecule has 0 fully saturated rings. The zero-order valence-electron chi connectivity index (χ0n) is 19.3. The molecule has 0 radical (unpaired) electrons. The summed E-state index contributed by atoms with van der Waals surface area (Å²) in [5, 5.41) is 22.4. The Labute approximate surface area is 211 Å². The van der Waals surface area contributed by atoms with Crippen LogP contribution in [-0.2, 0) is 17.6 Å². The van der Waals surface area contributed by atoms with E-state index in [9.17, 15) is 20.1 Å². The van der Waals surface area contributed by atoms with Gasteiger partial charge in [0, 0.05) is 10.4 Å². The van der Waals surface area contributed by atoms with E-state index >= 15 is 0 Å². The minimum Gasteiger partial charge on any atom is -0.497 e. The smallest absolute Gasteiger partial charge is 0.270 e. The van der Waals surface area contributed by atoms with E-state index in [1.54, 1.807) is 31.4 Å². The number of nitrogens with zero attached hydrogens (tertiary/aromatic N) is 3. The molecule has 8 nitrogen and oxygen atoms in total. The molecule has 1 amide bonds. The third-order valence-corrected chi connectivity index (χ3v) is 8.27. The number of methoxy groups -OCH3 is 1. The summed E-state index contributed by atoms with van der Waals surface area (Å²) in [5.74, 6) is 0.381. The number of rotatable bonds is 7. The number of hydrogen-bond donors (Lipinski definition) is 2. The van der Waals surface area contributed by atoms with Gasteiger partial charge in [0.25, 0.3) is 5.56 Å². The van der Waals surface area contributed by atoms with Crippen LogP contribution < -0.4 is 15.6 Å². The van der Waals surface area contributed by atoms with Crippen LogP contribution in [0.5, 0.6) is 5.75 Å². The number of nitrogens with one attached hydrogen (secondary N) is 2. The van der Waals surface area contributed by atoms with Crippen LogP contribution in [0.25, 0.3) is 11.3 Å². The van der Waals surface area contributed by atoms with E-state index in [0.29, 0.717) is 28.3 Å². The molecule has 0 saturated heterocycles. The van der Waals surface area contributed by atoms with E-state index in [2.05, 4.69) is 21.4 Å². The molecule has 1 atom stereocenters. The Morgan fingerprint density at radius 1 is 1.23 bits per heavy atom. The highest BCUT2D eigenvalue weighted by Gasteiger charge is 2.26. The number of amides is 1. The van der Waals surface area contributed by atoms with Crippen LogP contribution in [0, 0.1) is 22.7 Å². The predicted molar refractivity (Wildman–Crippen MR) is 136 cm³/mol. The van der Waals surface area contributed by atoms with Crippen molar-refractivity contribution in [2.75, 3.05) is 12.4 Å². The lowest BCUT2D eigenvalue weighted by molar-refractivity contribution is -0.115. The van der Waals surface area contributed by atoms with Gasteiger partial charge in [-0.2, -0.15) is 10.5 Å². The number of nitriles is 2. The van der Waals surface area contributed by atoms with E-state index in [1.807, 2.05) is 13.0 Å². The first-order valence-electron chi connectivity index (χ1n) is 11.2. The molecular weight excluding hydrogens is 482 g/mol. The summed E-state index contributed by atoms with van der Waals surface area (Å²) in [6.45, 7) is 1.87. The lowest BCUT2D eigenvalue weighted by Crippen LogP contribution is -2.25. The first kappa shape index (κ1) is 24.5. The van der Waals surface area contributed by atoms with E-state index in [0.717, 1.165) is 43.0 Å². The van der Waals surface area contributed by atoms with Crippen molar-refractivity contribution < 1.29 is 9.53 Å². The molecule has 3 aromatic rings. The molecule has 2 aromatic heterocycles. The third-order valence-electron chi connectivity index (χ3n) is 5.81. The van der Waals surface area contributed by atoms with Crippen LogP contribution in [0.1, 0.15) is 47.8 Å². The minimum atomic E-state index is -0.566. The summed E-state index contributed by atoms with van der Waals surface area (Å²) < 4.78 is 5.17. The first-order valence-corrected chi connectivity index (χ1v) is 12.9. The molecule has 0 bridgehead atoms. The fourth-order valence-corrected chi connectivity index (χ4v) is 6.13. The second-order valence-electron chi connectivity index (χ2n) is 7.97. The minimum absolute atomic E-state index is 0.0974. The number of benzene rings is 1. The maximum atomic E-state index is 13.1. The highest BCUT2D eigenvalue weighted by Crippen LogP contribution is 2.38. The predicted octanol–water partition coefficient (Wildman–Crippen LogP) is 4.64. The zero-order valence-corrected chi connectivity index (χ0v) is 20.9. The highest BCUT2D eigenvalue weighted by molar-refractivity contribution is 8.00. The number of anilines is 1. The molecule has 0 aliphatic heterocycles. The molecule has 2 N–H and O–H groups in total. The summed E-state index contributed by atoms with van der Waals surface area (Å²) in [6.07, 6.45) is 4.41. The third kappa shape index (κ3) is 5.09. The molecule has 1 aliphatic carbocycles. The zero-order chi connectivity index (χ0) is 24.9. The molecule has 4 rings (SSSR count). The molecule has 10 heteroatoms. The fraction of sp³-hybridized carbons (Fsp3) is 0.320. The highest BCUT2D eigenvalue weighted by atomic mass is 32.2. The number of carbonyl (C=O) groups excluding carboxylic acids is 1. The van der Waals surface area contributed by atoms with E-state index < -0.39 is 10.8 Å². The van der Waals surface area contributed by atoms with Crippen molar-refractivity contribution in [3.8, 4) is 29.1 Å². The van der Waals surface area contributed by atoms with Crippen molar-refractivity contribution in [2.24, 2.45) is 0 Å². The number of fused-ring (bicyclic) bond motifs is 1. The van der Waals surface area contributed by atoms with Gasteiger partial charge in [-0.3, -0.25) is 9.59 Å². The van der Waals surface area contributed by atoms with Crippen molar-refractivity contribution in [3.63, 3.8) is 0 Å². The van der Waals surface area contributed by atoms with Gasteiger partial charge >= 0.3 is 0 Å². The van der Waals surface area contributed by atoms with Crippen LogP contribution in [0.15, 0.2) is 34.2 Å². The second-order valence-corrected chi connectivity index (χ2v) is 10.3. The monoisotopic (exact) mass is 505 g/mol. The van der Waals surface area contributed by atoms with E-state index in [-0.39, 0.29) is 22.3 Å². The number of carbonyl (C=O) groups is 1. The summed E-state index contributed by atoms with van der Waals surface area (Å²) in [4.78, 5) is 34.1. The van der Waals surface area contributed by atoms with Crippen molar-refractivity contribution in [1.29, 1.82) is 10.5 Å². The van der Waals surface area contributed by atoms with Crippen molar-refractivity contribution in [2.45, 2.75) is 49.4 Å². The molecule has 35 heavy (non-hydrogen) atoms. The maximum Gasteiger partial charge on any atom is 0.270 e. The number of thioether (sulfide) groups is 1. The maximum absolute atomic E-state index is 13.1. The van der Waals surface area contributed by atoms with Crippen LogP contribution >= 0.6 is 23.1 Å². The van der Waals surface area contributed by atoms with Crippen molar-refractivity contribution in [3.05, 3.63) is 56.2 Å². The molecule has 0 saturated carbocycles. The van der Waals surface area contributed by atoms with Gasteiger partial charge in [-0.25, -0.2) is 4.98 Å². The van der Waals surface area contributed by atoms with Crippen molar-refractivity contribution in [1.82, 2.24) is 9.97 Å². The van der Waals surface area contributed by atoms with E-state index in [4.69, 9.17) is 4.74 Å². The van der Waals surface area contributed by atoms with Gasteiger partial charge in [-0.1, -0.05) is 18.7 Å². The molecule has 1 aromatic carbocycles. The van der Waals surface area contributed by atoms with Crippen LogP contribution in [0.2, 0.25) is 0 Å². The molecular formula is C25H23N5O3S2. The summed E-state index contributed by atoms with van der Waals surface area (Å²) >= 11 is 2.60. The number of aryl methyl sites for hydroxylation is 1. The number of thiophene rings is 1. The summed E-state index contributed by atoms with van der Waals surface area (Å²) in [7, 11) is 1.55. The average Bonchev–Trinajstić information content (AvgIpc) is 3.23. The van der Waals surface area contributed by atoms with Gasteiger partial charge < -0.3 is 15.0 Å². The van der Waals surface area contributed by atoms with Gasteiger partial charge in [0.2, 0.25) is 5.91 Å². The Hall–Kier alpha value is -3.60. The van der Waals surface area contributed by atoms with Gasteiger partial charge in [0.05, 0.1) is 23.6 Å². The Morgan fingerprint density at radius 3 is 2.60 bits per heavy atom. The van der Waals surface area contributed by atoms with Gasteiger partial charge in [0.15, 0.2) is 5.16 Å². The van der Waals surface area contributed by atoms with Gasteiger partial charge in [0.1, 0.15) is 28.5 Å². The Balaban J connectivity index is 1.60. The van der Waals surface area contributed by atoms with Crippen LogP contribution in [-0.4, -0.2) is 28.2 Å². The lowest BCUT2D eigenvalue weighted by atomic mass is 9.96. The molecule has 0 spiro atoms. The van der Waals surface area contributed by atoms with E-state index in [1.165, 1.54) is 16.2 Å². The Bertz CT molecular complexity index is 1400.